The zero-order valence-electron chi connectivity index (χ0n) is 12.1. The summed E-state index contributed by atoms with van der Waals surface area (Å²) in [5.41, 5.74) is 7.18. The van der Waals surface area contributed by atoms with Gasteiger partial charge in [-0.2, -0.15) is 0 Å². The lowest BCUT2D eigenvalue weighted by Gasteiger charge is -2.17. The van der Waals surface area contributed by atoms with Gasteiger partial charge in [0.2, 0.25) is 0 Å². The van der Waals surface area contributed by atoms with Crippen LogP contribution in [0.3, 0.4) is 0 Å². The molecule has 20 heavy (non-hydrogen) atoms. The van der Waals surface area contributed by atoms with Gasteiger partial charge in [-0.1, -0.05) is 31.6 Å². The van der Waals surface area contributed by atoms with Crippen LogP contribution in [0.1, 0.15) is 44.0 Å². The lowest BCUT2D eigenvalue weighted by molar-refractivity contribution is 0.0935. The molecule has 1 aromatic heterocycles. The van der Waals surface area contributed by atoms with Crippen LogP contribution < -0.4 is 11.1 Å². The Balaban J connectivity index is 2.07. The van der Waals surface area contributed by atoms with E-state index in [1.807, 2.05) is 19.1 Å². The first kappa shape index (κ1) is 14.8. The first-order valence-corrected chi connectivity index (χ1v) is 7.78. The van der Waals surface area contributed by atoms with Crippen LogP contribution in [-0.4, -0.2) is 16.9 Å². The highest BCUT2D eigenvalue weighted by Crippen LogP contribution is 2.24. The monoisotopic (exact) mass is 291 g/mol. The molecule has 108 valence electrons. The minimum atomic E-state index is -0.0327. The Morgan fingerprint density at radius 3 is 2.90 bits per heavy atom. The number of nitrogens with two attached hydrogens (primary N) is 1. The number of thiazole rings is 1. The van der Waals surface area contributed by atoms with Crippen LogP contribution in [0.15, 0.2) is 18.2 Å². The Kier molecular flexibility index (Phi) is 4.60. The number of amides is 1. The number of rotatable bonds is 5. The second-order valence-electron chi connectivity index (χ2n) is 5.36. The van der Waals surface area contributed by atoms with Crippen molar-refractivity contribution in [1.29, 1.82) is 0 Å². The van der Waals surface area contributed by atoms with Crippen LogP contribution >= 0.6 is 11.3 Å². The van der Waals surface area contributed by atoms with Gasteiger partial charge in [0.1, 0.15) is 0 Å². The predicted molar refractivity (Wildman–Crippen MR) is 85.0 cm³/mol. The quantitative estimate of drug-likeness (QED) is 0.886. The van der Waals surface area contributed by atoms with E-state index in [0.717, 1.165) is 23.1 Å². The van der Waals surface area contributed by atoms with E-state index in [2.05, 4.69) is 24.1 Å². The van der Waals surface area contributed by atoms with Crippen molar-refractivity contribution in [3.63, 3.8) is 0 Å². The molecule has 0 aliphatic rings. The molecule has 0 radical (unpaired) electrons. The highest BCUT2D eigenvalue weighted by molar-refractivity contribution is 7.22. The maximum absolute atomic E-state index is 12.2. The van der Waals surface area contributed by atoms with Crippen molar-refractivity contribution in [2.75, 3.05) is 5.73 Å². The molecule has 1 aromatic carbocycles. The molecule has 0 aliphatic carbocycles. The average Bonchev–Trinajstić information content (AvgIpc) is 2.77. The number of nitrogen functional groups attached to an aromatic ring is 1. The molecule has 0 saturated heterocycles. The topological polar surface area (TPSA) is 68.0 Å². The first-order chi connectivity index (χ1) is 9.49. The van der Waals surface area contributed by atoms with Gasteiger partial charge in [0, 0.05) is 11.6 Å². The molecule has 2 unspecified atom stereocenters. The normalized spacial score (nSPS) is 14.2. The molecule has 3 N–H and O–H groups in total. The summed E-state index contributed by atoms with van der Waals surface area (Å²) in [5, 5.41) is 3.58. The summed E-state index contributed by atoms with van der Waals surface area (Å²) in [7, 11) is 0. The van der Waals surface area contributed by atoms with E-state index in [1.54, 1.807) is 6.07 Å². The lowest BCUT2D eigenvalue weighted by Crippen LogP contribution is -2.33. The van der Waals surface area contributed by atoms with Crippen molar-refractivity contribution in [3.05, 3.63) is 23.8 Å². The lowest BCUT2D eigenvalue weighted by atomic mass is 10.00. The van der Waals surface area contributed by atoms with Gasteiger partial charge in [0.15, 0.2) is 5.13 Å². The largest absolute Gasteiger partial charge is 0.375 e. The third kappa shape index (κ3) is 3.48. The SMILES string of the molecule is CCC(C)CC(C)NC(=O)c1ccc2nc(N)sc2c1. The molecule has 0 fully saturated rings. The van der Waals surface area contributed by atoms with E-state index in [1.165, 1.54) is 11.3 Å². The van der Waals surface area contributed by atoms with Crippen molar-refractivity contribution < 1.29 is 4.79 Å². The number of hydrogen-bond acceptors (Lipinski definition) is 4. The molecular formula is C15H21N3OS. The molecule has 4 nitrogen and oxygen atoms in total. The van der Waals surface area contributed by atoms with E-state index in [4.69, 9.17) is 5.73 Å². The number of carbonyl (C=O) groups excluding carboxylic acids is 1. The fraction of sp³-hybridized carbons (Fsp3) is 0.467. The summed E-state index contributed by atoms with van der Waals surface area (Å²) >= 11 is 1.40. The van der Waals surface area contributed by atoms with Crippen molar-refractivity contribution in [1.82, 2.24) is 10.3 Å². The maximum Gasteiger partial charge on any atom is 0.251 e. The number of nitrogens with one attached hydrogen (secondary N) is 1. The Labute approximate surface area is 123 Å². The molecular weight excluding hydrogens is 270 g/mol. The zero-order chi connectivity index (χ0) is 14.7. The molecule has 0 aliphatic heterocycles. The summed E-state index contributed by atoms with van der Waals surface area (Å²) in [4.78, 5) is 16.4. The fourth-order valence-corrected chi connectivity index (χ4v) is 2.99. The predicted octanol–water partition coefficient (Wildman–Crippen LogP) is 3.43. The minimum Gasteiger partial charge on any atom is -0.375 e. The number of hydrogen-bond donors (Lipinski definition) is 2. The molecule has 1 amide bonds. The van der Waals surface area contributed by atoms with E-state index >= 15 is 0 Å². The fourth-order valence-electron chi connectivity index (χ4n) is 2.22. The minimum absolute atomic E-state index is 0.0327. The summed E-state index contributed by atoms with van der Waals surface area (Å²) in [6.45, 7) is 6.42. The Hall–Kier alpha value is -1.62. The third-order valence-corrected chi connectivity index (χ3v) is 4.34. The van der Waals surface area contributed by atoms with Crippen LogP contribution in [0.25, 0.3) is 10.2 Å². The molecule has 1 heterocycles. The first-order valence-electron chi connectivity index (χ1n) is 6.96. The number of nitrogens with zero attached hydrogens (tertiary/aromatic N) is 1. The van der Waals surface area contributed by atoms with Gasteiger partial charge in [-0.05, 0) is 37.5 Å². The van der Waals surface area contributed by atoms with Gasteiger partial charge in [0.25, 0.3) is 5.91 Å². The van der Waals surface area contributed by atoms with E-state index in [-0.39, 0.29) is 11.9 Å². The summed E-state index contributed by atoms with van der Waals surface area (Å²) in [6, 6.07) is 5.68. The van der Waals surface area contributed by atoms with Crippen molar-refractivity contribution in [2.24, 2.45) is 5.92 Å². The highest BCUT2D eigenvalue weighted by atomic mass is 32.1. The van der Waals surface area contributed by atoms with Gasteiger partial charge < -0.3 is 11.1 Å². The second kappa shape index (κ2) is 6.22. The molecule has 0 bridgehead atoms. The van der Waals surface area contributed by atoms with Crippen LogP contribution in [0.4, 0.5) is 5.13 Å². The van der Waals surface area contributed by atoms with Crippen LogP contribution in [0.2, 0.25) is 0 Å². The van der Waals surface area contributed by atoms with Gasteiger partial charge in [-0.3, -0.25) is 4.79 Å². The molecule has 5 heteroatoms. The summed E-state index contributed by atoms with van der Waals surface area (Å²) < 4.78 is 0.949. The van der Waals surface area contributed by atoms with Gasteiger partial charge >= 0.3 is 0 Å². The Morgan fingerprint density at radius 2 is 2.20 bits per heavy atom. The van der Waals surface area contributed by atoms with Gasteiger partial charge in [-0.15, -0.1) is 0 Å². The summed E-state index contributed by atoms with van der Waals surface area (Å²) in [5.74, 6) is 0.587. The van der Waals surface area contributed by atoms with E-state index < -0.39 is 0 Å². The maximum atomic E-state index is 12.2. The summed E-state index contributed by atoms with van der Waals surface area (Å²) in [6.07, 6.45) is 2.13. The third-order valence-electron chi connectivity index (χ3n) is 3.50. The second-order valence-corrected chi connectivity index (χ2v) is 6.42. The zero-order valence-corrected chi connectivity index (χ0v) is 13.0. The standard InChI is InChI=1S/C15H21N3OS/c1-4-9(2)7-10(3)17-14(19)11-5-6-12-13(8-11)20-15(16)18-12/h5-6,8-10H,4,7H2,1-3H3,(H2,16,18)(H,17,19). The number of aromatic nitrogens is 1. The van der Waals surface area contributed by atoms with Crippen LogP contribution in [-0.2, 0) is 0 Å². The number of benzene rings is 1. The number of anilines is 1. The smallest absolute Gasteiger partial charge is 0.251 e. The van der Waals surface area contributed by atoms with Gasteiger partial charge in [0.05, 0.1) is 10.2 Å². The van der Waals surface area contributed by atoms with Gasteiger partial charge in [-0.25, -0.2) is 4.98 Å². The highest BCUT2D eigenvalue weighted by Gasteiger charge is 2.13. The van der Waals surface area contributed by atoms with E-state index in [9.17, 15) is 4.79 Å². The van der Waals surface area contributed by atoms with Crippen molar-refractivity contribution >= 4 is 32.6 Å². The van der Waals surface area contributed by atoms with E-state index in [0.29, 0.717) is 16.6 Å². The van der Waals surface area contributed by atoms with Crippen molar-refractivity contribution in [3.8, 4) is 0 Å². The molecule has 2 aromatic rings. The molecule has 0 spiro atoms. The van der Waals surface area contributed by atoms with Crippen LogP contribution in [0, 0.1) is 5.92 Å². The average molecular weight is 291 g/mol. The molecule has 0 saturated carbocycles. The van der Waals surface area contributed by atoms with Crippen LogP contribution in [0.5, 0.6) is 0 Å². The molecule has 2 rings (SSSR count). The van der Waals surface area contributed by atoms with Crippen molar-refractivity contribution in [2.45, 2.75) is 39.7 Å². The Bertz CT molecular complexity index is 608. The number of fused-ring (bicyclic) bond motifs is 1. The number of carbonyl (C=O) groups is 1. The Morgan fingerprint density at radius 1 is 1.45 bits per heavy atom. The molecule has 2 atom stereocenters.